The molecule has 0 heterocycles. The molecule has 17 heavy (non-hydrogen) atoms. The van der Waals surface area contributed by atoms with Crippen LogP contribution in [0.4, 0.5) is 0 Å². The molecule has 2 heteroatoms. The Morgan fingerprint density at radius 2 is 2.12 bits per heavy atom. The van der Waals surface area contributed by atoms with Crippen LogP contribution in [-0.2, 0) is 0 Å². The van der Waals surface area contributed by atoms with Gasteiger partial charge in [0.25, 0.3) is 0 Å². The third-order valence-corrected chi connectivity index (χ3v) is 6.53. The van der Waals surface area contributed by atoms with Gasteiger partial charge in [-0.1, -0.05) is 20.3 Å². The van der Waals surface area contributed by atoms with Gasteiger partial charge in [-0.15, -0.1) is 0 Å². The first-order valence-electron chi connectivity index (χ1n) is 7.51. The van der Waals surface area contributed by atoms with Gasteiger partial charge in [-0.2, -0.15) is 11.8 Å². The zero-order valence-corrected chi connectivity index (χ0v) is 12.6. The SMILES string of the molecule is CCC(C)SCC(CC1CC2CCC1C2)NC. The highest BCUT2D eigenvalue weighted by Crippen LogP contribution is 2.49. The van der Waals surface area contributed by atoms with E-state index in [4.69, 9.17) is 0 Å². The van der Waals surface area contributed by atoms with E-state index in [-0.39, 0.29) is 0 Å². The van der Waals surface area contributed by atoms with E-state index in [1.807, 2.05) is 0 Å². The largest absolute Gasteiger partial charge is 0.316 e. The van der Waals surface area contributed by atoms with Crippen molar-refractivity contribution in [3.63, 3.8) is 0 Å². The van der Waals surface area contributed by atoms with Crippen LogP contribution in [0.1, 0.15) is 52.4 Å². The topological polar surface area (TPSA) is 12.0 Å². The molecular weight excluding hydrogens is 226 g/mol. The molecule has 0 radical (unpaired) electrons. The standard InChI is InChI=1S/C15H29NS/c1-4-11(2)17-10-15(16-3)9-14-8-12-5-6-13(14)7-12/h11-16H,4-10H2,1-3H3. The minimum absolute atomic E-state index is 0.748. The van der Waals surface area contributed by atoms with Crippen molar-refractivity contribution < 1.29 is 0 Å². The van der Waals surface area contributed by atoms with Crippen LogP contribution in [0.3, 0.4) is 0 Å². The van der Waals surface area contributed by atoms with E-state index >= 15 is 0 Å². The normalized spacial score (nSPS) is 35.1. The molecule has 0 aliphatic heterocycles. The average molecular weight is 255 g/mol. The molecule has 5 unspecified atom stereocenters. The van der Waals surface area contributed by atoms with Gasteiger partial charge in [-0.05, 0) is 56.9 Å². The highest BCUT2D eigenvalue weighted by atomic mass is 32.2. The fourth-order valence-electron chi connectivity index (χ4n) is 3.70. The van der Waals surface area contributed by atoms with Crippen LogP contribution in [0.2, 0.25) is 0 Å². The fraction of sp³-hybridized carbons (Fsp3) is 1.00. The van der Waals surface area contributed by atoms with Crippen molar-refractivity contribution in [2.45, 2.75) is 63.7 Å². The van der Waals surface area contributed by atoms with Crippen LogP contribution in [0.25, 0.3) is 0 Å². The lowest BCUT2D eigenvalue weighted by Gasteiger charge is -2.27. The number of nitrogens with one attached hydrogen (secondary N) is 1. The Hall–Kier alpha value is 0.310. The van der Waals surface area contributed by atoms with Crippen molar-refractivity contribution in [1.29, 1.82) is 0 Å². The molecule has 0 saturated heterocycles. The van der Waals surface area contributed by atoms with E-state index in [1.54, 1.807) is 6.42 Å². The van der Waals surface area contributed by atoms with Gasteiger partial charge in [0.05, 0.1) is 0 Å². The van der Waals surface area contributed by atoms with Crippen LogP contribution in [0.5, 0.6) is 0 Å². The van der Waals surface area contributed by atoms with E-state index in [0.717, 1.165) is 29.0 Å². The van der Waals surface area contributed by atoms with Crippen molar-refractivity contribution in [2.75, 3.05) is 12.8 Å². The minimum atomic E-state index is 0.748. The van der Waals surface area contributed by atoms with E-state index in [2.05, 4.69) is 38.0 Å². The second-order valence-electron chi connectivity index (χ2n) is 6.21. The number of hydrogen-bond acceptors (Lipinski definition) is 2. The smallest absolute Gasteiger partial charge is 0.0158 e. The summed E-state index contributed by atoms with van der Waals surface area (Å²) in [4.78, 5) is 0. The lowest BCUT2D eigenvalue weighted by molar-refractivity contribution is 0.290. The number of thioether (sulfide) groups is 1. The quantitative estimate of drug-likeness (QED) is 0.740. The zero-order valence-electron chi connectivity index (χ0n) is 11.7. The molecule has 0 aromatic heterocycles. The fourth-order valence-corrected chi connectivity index (χ4v) is 4.80. The zero-order chi connectivity index (χ0) is 12.3. The maximum absolute atomic E-state index is 3.55. The molecule has 2 bridgehead atoms. The Morgan fingerprint density at radius 3 is 2.65 bits per heavy atom. The van der Waals surface area contributed by atoms with Crippen molar-refractivity contribution in [1.82, 2.24) is 5.32 Å². The molecule has 5 atom stereocenters. The van der Waals surface area contributed by atoms with Crippen LogP contribution < -0.4 is 5.32 Å². The maximum atomic E-state index is 3.55. The first-order chi connectivity index (χ1) is 8.22. The highest BCUT2D eigenvalue weighted by molar-refractivity contribution is 7.99. The van der Waals surface area contributed by atoms with Crippen molar-refractivity contribution in [3.8, 4) is 0 Å². The second-order valence-corrected chi connectivity index (χ2v) is 7.68. The maximum Gasteiger partial charge on any atom is 0.0158 e. The Labute approximate surface area is 112 Å². The Balaban J connectivity index is 1.72. The second kappa shape index (κ2) is 6.47. The van der Waals surface area contributed by atoms with Gasteiger partial charge in [0.2, 0.25) is 0 Å². The summed E-state index contributed by atoms with van der Waals surface area (Å²) >= 11 is 2.15. The third-order valence-electron chi connectivity index (χ3n) is 5.04. The number of rotatable bonds is 7. The molecular formula is C15H29NS. The van der Waals surface area contributed by atoms with Gasteiger partial charge >= 0.3 is 0 Å². The Bertz CT molecular complexity index is 231. The summed E-state index contributed by atoms with van der Waals surface area (Å²) in [6, 6.07) is 0.748. The summed E-state index contributed by atoms with van der Waals surface area (Å²) < 4.78 is 0. The summed E-state index contributed by atoms with van der Waals surface area (Å²) in [5, 5.41) is 4.37. The molecule has 2 fully saturated rings. The van der Waals surface area contributed by atoms with Gasteiger partial charge in [-0.25, -0.2) is 0 Å². The molecule has 0 amide bonds. The van der Waals surface area contributed by atoms with Gasteiger partial charge in [0.1, 0.15) is 0 Å². The molecule has 0 aromatic carbocycles. The molecule has 0 aromatic rings. The van der Waals surface area contributed by atoms with E-state index in [1.165, 1.54) is 37.9 Å². The molecule has 100 valence electrons. The summed E-state index contributed by atoms with van der Waals surface area (Å²) in [6.45, 7) is 4.65. The minimum Gasteiger partial charge on any atom is -0.316 e. The van der Waals surface area contributed by atoms with E-state index < -0.39 is 0 Å². The lowest BCUT2D eigenvalue weighted by Crippen LogP contribution is -2.32. The van der Waals surface area contributed by atoms with Gasteiger partial charge in [0, 0.05) is 17.0 Å². The number of fused-ring (bicyclic) bond motifs is 2. The Morgan fingerprint density at radius 1 is 1.29 bits per heavy atom. The van der Waals surface area contributed by atoms with Crippen molar-refractivity contribution in [2.24, 2.45) is 17.8 Å². The predicted molar refractivity (Wildman–Crippen MR) is 78.6 cm³/mol. The average Bonchev–Trinajstić information content (AvgIpc) is 2.95. The number of hydrogen-bond donors (Lipinski definition) is 1. The van der Waals surface area contributed by atoms with Crippen LogP contribution >= 0.6 is 11.8 Å². The van der Waals surface area contributed by atoms with Crippen molar-refractivity contribution in [3.05, 3.63) is 0 Å². The van der Waals surface area contributed by atoms with Crippen LogP contribution in [0.15, 0.2) is 0 Å². The molecule has 2 saturated carbocycles. The summed E-state index contributed by atoms with van der Waals surface area (Å²) in [6.07, 6.45) is 8.89. The first kappa shape index (κ1) is 13.7. The predicted octanol–water partition coefficient (Wildman–Crippen LogP) is 3.93. The van der Waals surface area contributed by atoms with E-state index in [0.29, 0.717) is 0 Å². The molecule has 2 aliphatic rings. The molecule has 1 nitrogen and oxygen atoms in total. The molecule has 2 rings (SSSR count). The third kappa shape index (κ3) is 3.64. The summed E-state index contributed by atoms with van der Waals surface area (Å²) in [7, 11) is 2.15. The van der Waals surface area contributed by atoms with Crippen LogP contribution in [0, 0.1) is 17.8 Å². The Kier molecular flexibility index (Phi) is 5.23. The van der Waals surface area contributed by atoms with Gasteiger partial charge in [0.15, 0.2) is 0 Å². The first-order valence-corrected chi connectivity index (χ1v) is 8.56. The highest BCUT2D eigenvalue weighted by Gasteiger charge is 2.39. The van der Waals surface area contributed by atoms with E-state index in [9.17, 15) is 0 Å². The molecule has 2 aliphatic carbocycles. The van der Waals surface area contributed by atoms with Crippen LogP contribution in [-0.4, -0.2) is 24.1 Å². The lowest BCUT2D eigenvalue weighted by atomic mass is 9.84. The molecule has 0 spiro atoms. The monoisotopic (exact) mass is 255 g/mol. The summed E-state index contributed by atoms with van der Waals surface area (Å²) in [5.41, 5.74) is 0. The van der Waals surface area contributed by atoms with Gasteiger partial charge in [-0.3, -0.25) is 0 Å². The molecule has 1 N–H and O–H groups in total. The summed E-state index contributed by atoms with van der Waals surface area (Å²) in [5.74, 6) is 4.54. The van der Waals surface area contributed by atoms with Crippen molar-refractivity contribution >= 4 is 11.8 Å². The van der Waals surface area contributed by atoms with Gasteiger partial charge < -0.3 is 5.32 Å².